The van der Waals surface area contributed by atoms with Crippen LogP contribution in [0.4, 0.5) is 0 Å². The predicted molar refractivity (Wildman–Crippen MR) is 92.5 cm³/mol. The van der Waals surface area contributed by atoms with E-state index in [1.54, 1.807) is 0 Å². The Morgan fingerprint density at radius 1 is 1.10 bits per heavy atom. The molecule has 0 aromatic carbocycles. The summed E-state index contributed by atoms with van der Waals surface area (Å²) in [5, 5.41) is 3.84. The van der Waals surface area contributed by atoms with Crippen molar-refractivity contribution >= 4 is 0 Å². The van der Waals surface area contributed by atoms with Crippen molar-refractivity contribution in [3.8, 4) is 0 Å². The van der Waals surface area contributed by atoms with Crippen LogP contribution in [-0.4, -0.2) is 36.1 Å². The van der Waals surface area contributed by atoms with E-state index in [2.05, 4.69) is 58.7 Å². The molecular formula is C19H38N2. The maximum Gasteiger partial charge on any atom is 0.0247 e. The molecule has 0 amide bonds. The average molecular weight is 295 g/mol. The number of rotatable bonds is 2. The fourth-order valence-corrected chi connectivity index (χ4v) is 4.51. The lowest BCUT2D eigenvalue weighted by atomic mass is 9.76. The van der Waals surface area contributed by atoms with Crippen molar-refractivity contribution in [3.05, 3.63) is 0 Å². The fourth-order valence-electron chi connectivity index (χ4n) is 4.51. The molecule has 0 aromatic heterocycles. The second kappa shape index (κ2) is 6.58. The largest absolute Gasteiger partial charge is 0.311 e. The zero-order valence-electron chi connectivity index (χ0n) is 15.4. The van der Waals surface area contributed by atoms with Gasteiger partial charge in [-0.05, 0) is 42.4 Å². The second-order valence-corrected chi connectivity index (χ2v) is 9.30. The van der Waals surface area contributed by atoms with Gasteiger partial charge in [-0.1, -0.05) is 48.5 Å². The van der Waals surface area contributed by atoms with Crippen molar-refractivity contribution in [2.75, 3.05) is 13.1 Å². The third-order valence-corrected chi connectivity index (χ3v) is 6.02. The fraction of sp³-hybridized carbons (Fsp3) is 1.00. The van der Waals surface area contributed by atoms with E-state index in [4.69, 9.17) is 0 Å². The van der Waals surface area contributed by atoms with Gasteiger partial charge in [-0.3, -0.25) is 4.90 Å². The van der Waals surface area contributed by atoms with Crippen LogP contribution >= 0.6 is 0 Å². The van der Waals surface area contributed by atoms with Crippen LogP contribution in [0.5, 0.6) is 0 Å². The summed E-state index contributed by atoms with van der Waals surface area (Å²) in [5.74, 6) is 2.52. The van der Waals surface area contributed by atoms with E-state index in [1.165, 1.54) is 32.4 Å². The summed E-state index contributed by atoms with van der Waals surface area (Å²) in [6.45, 7) is 19.3. The molecule has 21 heavy (non-hydrogen) atoms. The third-order valence-electron chi connectivity index (χ3n) is 6.02. The summed E-state index contributed by atoms with van der Waals surface area (Å²) in [5.41, 5.74) is 0.353. The van der Waals surface area contributed by atoms with Crippen LogP contribution in [0.3, 0.4) is 0 Å². The molecule has 1 saturated carbocycles. The smallest absolute Gasteiger partial charge is 0.0247 e. The number of hydrogen-bond donors (Lipinski definition) is 1. The first-order valence-electron chi connectivity index (χ1n) is 9.19. The van der Waals surface area contributed by atoms with Crippen LogP contribution in [-0.2, 0) is 0 Å². The molecule has 1 aliphatic heterocycles. The van der Waals surface area contributed by atoms with Crippen LogP contribution in [0.25, 0.3) is 0 Å². The summed E-state index contributed by atoms with van der Waals surface area (Å²) in [6, 6.07) is 2.14. The Morgan fingerprint density at radius 3 is 2.29 bits per heavy atom. The first-order chi connectivity index (χ1) is 9.70. The molecule has 1 heterocycles. The Hall–Kier alpha value is -0.0800. The lowest BCUT2D eigenvalue weighted by Gasteiger charge is -2.52. The maximum atomic E-state index is 3.84. The molecule has 0 aromatic rings. The summed E-state index contributed by atoms with van der Waals surface area (Å²) in [7, 11) is 0. The standard InChI is InChI=1S/C19H38N2/c1-13(2)17-11-20-18(19(5,6)7)12-21(17)16-9-8-14(3)10-15(16)4/h13-18,20H,8-12H2,1-7H3. The van der Waals surface area contributed by atoms with Crippen LogP contribution in [0.2, 0.25) is 0 Å². The quantitative estimate of drug-likeness (QED) is 0.823. The highest BCUT2D eigenvalue weighted by Gasteiger charge is 2.40. The Morgan fingerprint density at radius 2 is 1.76 bits per heavy atom. The van der Waals surface area contributed by atoms with Gasteiger partial charge in [0.05, 0.1) is 0 Å². The molecule has 124 valence electrons. The predicted octanol–water partition coefficient (Wildman–Crippen LogP) is 4.16. The Balaban J connectivity index is 2.14. The highest BCUT2D eigenvalue weighted by atomic mass is 15.3. The van der Waals surface area contributed by atoms with Crippen LogP contribution in [0.15, 0.2) is 0 Å². The van der Waals surface area contributed by atoms with Crippen molar-refractivity contribution in [2.45, 2.75) is 85.9 Å². The normalized spacial score (nSPS) is 39.7. The first-order valence-corrected chi connectivity index (χ1v) is 9.19. The molecule has 2 heteroatoms. The van der Waals surface area contributed by atoms with E-state index in [0.717, 1.165) is 23.8 Å². The lowest BCUT2D eigenvalue weighted by molar-refractivity contribution is -0.00866. The van der Waals surface area contributed by atoms with Crippen molar-refractivity contribution < 1.29 is 0 Å². The minimum Gasteiger partial charge on any atom is -0.311 e. The topological polar surface area (TPSA) is 15.3 Å². The van der Waals surface area contributed by atoms with Crippen LogP contribution in [0.1, 0.15) is 67.7 Å². The van der Waals surface area contributed by atoms with Crippen LogP contribution < -0.4 is 5.32 Å². The summed E-state index contributed by atoms with van der Waals surface area (Å²) >= 11 is 0. The van der Waals surface area contributed by atoms with E-state index in [9.17, 15) is 0 Å². The number of hydrogen-bond acceptors (Lipinski definition) is 2. The van der Waals surface area contributed by atoms with Gasteiger partial charge in [0.15, 0.2) is 0 Å². The zero-order chi connectivity index (χ0) is 15.8. The van der Waals surface area contributed by atoms with Gasteiger partial charge in [-0.2, -0.15) is 0 Å². The van der Waals surface area contributed by atoms with Gasteiger partial charge >= 0.3 is 0 Å². The molecule has 1 N–H and O–H groups in total. The lowest BCUT2D eigenvalue weighted by Crippen LogP contribution is -2.65. The van der Waals surface area contributed by atoms with E-state index in [-0.39, 0.29) is 0 Å². The number of piperazine rings is 1. The van der Waals surface area contributed by atoms with Gasteiger partial charge in [-0.15, -0.1) is 0 Å². The third kappa shape index (κ3) is 4.01. The minimum absolute atomic E-state index is 0.353. The molecule has 2 aliphatic rings. The summed E-state index contributed by atoms with van der Waals surface area (Å²) in [4.78, 5) is 2.90. The molecule has 2 nitrogen and oxygen atoms in total. The summed E-state index contributed by atoms with van der Waals surface area (Å²) < 4.78 is 0. The van der Waals surface area contributed by atoms with Gasteiger partial charge < -0.3 is 5.32 Å². The van der Waals surface area contributed by atoms with Gasteiger partial charge in [0, 0.05) is 31.2 Å². The number of nitrogens with zero attached hydrogens (tertiary/aromatic N) is 1. The molecule has 0 spiro atoms. The monoisotopic (exact) mass is 294 g/mol. The highest BCUT2D eigenvalue weighted by Crippen LogP contribution is 2.36. The molecule has 2 rings (SSSR count). The van der Waals surface area contributed by atoms with Crippen molar-refractivity contribution in [2.24, 2.45) is 23.2 Å². The maximum absolute atomic E-state index is 3.84. The van der Waals surface area contributed by atoms with Crippen molar-refractivity contribution in [1.82, 2.24) is 10.2 Å². The molecule has 0 radical (unpaired) electrons. The molecule has 0 bridgehead atoms. The minimum atomic E-state index is 0.353. The molecule has 1 saturated heterocycles. The molecule has 1 aliphatic carbocycles. The van der Waals surface area contributed by atoms with Crippen molar-refractivity contribution in [3.63, 3.8) is 0 Å². The van der Waals surface area contributed by atoms with Gasteiger partial charge in [0.25, 0.3) is 0 Å². The summed E-state index contributed by atoms with van der Waals surface area (Å²) in [6.07, 6.45) is 4.24. The Bertz CT molecular complexity index is 331. The van der Waals surface area contributed by atoms with E-state index in [0.29, 0.717) is 17.5 Å². The Kier molecular flexibility index (Phi) is 5.41. The van der Waals surface area contributed by atoms with E-state index < -0.39 is 0 Å². The molecular weight excluding hydrogens is 256 g/mol. The van der Waals surface area contributed by atoms with E-state index in [1.807, 2.05) is 0 Å². The Labute approximate surface area is 133 Å². The second-order valence-electron chi connectivity index (χ2n) is 9.30. The van der Waals surface area contributed by atoms with E-state index >= 15 is 0 Å². The van der Waals surface area contributed by atoms with Gasteiger partial charge in [-0.25, -0.2) is 0 Å². The average Bonchev–Trinajstić information content (AvgIpc) is 2.37. The number of nitrogens with one attached hydrogen (secondary N) is 1. The SMILES string of the molecule is CC1CCC(N2CC(C(C)(C)C)NCC2C(C)C)C(C)C1. The molecule has 2 fully saturated rings. The highest BCUT2D eigenvalue weighted by molar-refractivity contribution is 4.97. The molecule has 5 atom stereocenters. The van der Waals surface area contributed by atoms with Crippen molar-refractivity contribution in [1.29, 1.82) is 0 Å². The van der Waals surface area contributed by atoms with Gasteiger partial charge in [0.1, 0.15) is 0 Å². The zero-order valence-corrected chi connectivity index (χ0v) is 15.4. The molecule has 5 unspecified atom stereocenters. The first kappa shape index (κ1) is 17.3. The van der Waals surface area contributed by atoms with Crippen LogP contribution in [0, 0.1) is 23.2 Å². The van der Waals surface area contributed by atoms with Gasteiger partial charge in [0.2, 0.25) is 0 Å².